The number of hydrogen-bond donors (Lipinski definition) is 4. The van der Waals surface area contributed by atoms with E-state index in [2.05, 4.69) is 0 Å². The van der Waals surface area contributed by atoms with Crippen molar-refractivity contribution in [3.63, 3.8) is 0 Å². The third-order valence-electron chi connectivity index (χ3n) is 2.41. The fourth-order valence-corrected chi connectivity index (χ4v) is 1.57. The summed E-state index contributed by atoms with van der Waals surface area (Å²) in [7, 11) is 0. The third-order valence-corrected chi connectivity index (χ3v) is 2.41. The monoisotopic (exact) mass is 292 g/mol. The SMILES string of the molecule is CC(N(CC(=O)O)CC(=O)O)N(CC(=O)O)CC(=O)O. The van der Waals surface area contributed by atoms with Crippen LogP contribution in [0.4, 0.5) is 0 Å². The molecular formula is C10H16N2O8. The molecule has 0 rings (SSSR count). The maximum atomic E-state index is 10.7. The number of rotatable bonds is 10. The van der Waals surface area contributed by atoms with Gasteiger partial charge in [-0.05, 0) is 6.92 Å². The van der Waals surface area contributed by atoms with Gasteiger partial charge in [-0.15, -0.1) is 0 Å². The Morgan fingerprint density at radius 3 is 1.05 bits per heavy atom. The van der Waals surface area contributed by atoms with Crippen molar-refractivity contribution >= 4 is 23.9 Å². The van der Waals surface area contributed by atoms with Gasteiger partial charge in [0.2, 0.25) is 0 Å². The highest BCUT2D eigenvalue weighted by Gasteiger charge is 2.27. The minimum atomic E-state index is -1.30. The molecule has 4 N–H and O–H groups in total. The summed E-state index contributed by atoms with van der Waals surface area (Å²) in [6, 6.07) is 0. The number of hydrogen-bond acceptors (Lipinski definition) is 6. The number of aliphatic carboxylic acids is 4. The van der Waals surface area contributed by atoms with Gasteiger partial charge in [-0.2, -0.15) is 0 Å². The van der Waals surface area contributed by atoms with Gasteiger partial charge in [-0.1, -0.05) is 0 Å². The summed E-state index contributed by atoms with van der Waals surface area (Å²) in [4.78, 5) is 44.6. The molecule has 0 aliphatic rings. The molecule has 0 spiro atoms. The predicted octanol–water partition coefficient (Wildman–Crippen LogP) is -1.73. The maximum absolute atomic E-state index is 10.7. The second-order valence-electron chi connectivity index (χ2n) is 4.02. The van der Waals surface area contributed by atoms with Crippen LogP contribution in [0.1, 0.15) is 6.92 Å². The minimum absolute atomic E-state index is 0.650. The highest BCUT2D eigenvalue weighted by molar-refractivity contribution is 5.74. The first kappa shape index (κ1) is 17.8. The van der Waals surface area contributed by atoms with Crippen LogP contribution in [-0.4, -0.2) is 86.4 Å². The predicted molar refractivity (Wildman–Crippen MR) is 63.2 cm³/mol. The molecule has 20 heavy (non-hydrogen) atoms. The molecule has 0 aromatic carbocycles. The second kappa shape index (κ2) is 8.07. The van der Waals surface area contributed by atoms with Gasteiger partial charge in [0.25, 0.3) is 0 Å². The van der Waals surface area contributed by atoms with Crippen molar-refractivity contribution in [2.24, 2.45) is 0 Å². The first-order chi connectivity index (χ1) is 9.13. The van der Waals surface area contributed by atoms with Crippen LogP contribution in [0.2, 0.25) is 0 Å². The summed E-state index contributed by atoms with van der Waals surface area (Å²) in [6.45, 7) is -1.25. The first-order valence-electron chi connectivity index (χ1n) is 5.48. The molecule has 0 unspecified atom stereocenters. The first-order valence-corrected chi connectivity index (χ1v) is 5.48. The Bertz CT molecular complexity index is 329. The molecule has 10 heteroatoms. The molecule has 0 radical (unpaired) electrons. The molecule has 0 bridgehead atoms. The van der Waals surface area contributed by atoms with Crippen LogP contribution >= 0.6 is 0 Å². The summed E-state index contributed by atoms with van der Waals surface area (Å²) in [5.74, 6) is -5.21. The Morgan fingerprint density at radius 1 is 0.700 bits per heavy atom. The lowest BCUT2D eigenvalue weighted by molar-refractivity contribution is -0.147. The number of carboxylic acids is 4. The van der Waals surface area contributed by atoms with Crippen LogP contribution in [0.5, 0.6) is 0 Å². The smallest absolute Gasteiger partial charge is 0.317 e. The molecule has 0 aliphatic carbocycles. The molecule has 0 aliphatic heterocycles. The van der Waals surface area contributed by atoms with Gasteiger partial charge < -0.3 is 20.4 Å². The molecule has 0 amide bonds. The summed E-state index contributed by atoms with van der Waals surface area (Å²) in [5.41, 5.74) is 0. The Morgan fingerprint density at radius 2 is 0.900 bits per heavy atom. The number of nitrogens with zero attached hydrogens (tertiary/aromatic N) is 2. The number of carboxylic acid groups (broad SMARTS) is 4. The molecule has 0 aromatic heterocycles. The van der Waals surface area contributed by atoms with Gasteiger partial charge in [0, 0.05) is 0 Å². The fourth-order valence-electron chi connectivity index (χ4n) is 1.57. The average Bonchev–Trinajstić information content (AvgIpc) is 2.23. The minimum Gasteiger partial charge on any atom is -0.480 e. The Balaban J connectivity index is 5.04. The van der Waals surface area contributed by atoms with Crippen LogP contribution < -0.4 is 0 Å². The van der Waals surface area contributed by atoms with E-state index < -0.39 is 56.2 Å². The van der Waals surface area contributed by atoms with Gasteiger partial charge >= 0.3 is 23.9 Å². The maximum Gasteiger partial charge on any atom is 0.317 e. The van der Waals surface area contributed by atoms with Crippen molar-refractivity contribution in [2.75, 3.05) is 26.2 Å². The molecule has 0 atom stereocenters. The van der Waals surface area contributed by atoms with E-state index in [0.717, 1.165) is 9.80 Å². The van der Waals surface area contributed by atoms with Crippen LogP contribution in [-0.2, 0) is 19.2 Å². The highest BCUT2D eigenvalue weighted by atomic mass is 16.4. The zero-order valence-corrected chi connectivity index (χ0v) is 10.7. The third kappa shape index (κ3) is 7.28. The lowest BCUT2D eigenvalue weighted by Crippen LogP contribution is -2.53. The Labute approximate surface area is 113 Å². The summed E-state index contributed by atoms with van der Waals surface area (Å²) < 4.78 is 0. The quantitative estimate of drug-likeness (QED) is 0.341. The van der Waals surface area contributed by atoms with Crippen molar-refractivity contribution < 1.29 is 39.6 Å². The van der Waals surface area contributed by atoms with Crippen molar-refractivity contribution in [2.45, 2.75) is 13.1 Å². The summed E-state index contributed by atoms with van der Waals surface area (Å²) in [6.07, 6.45) is -0.977. The van der Waals surface area contributed by atoms with Gasteiger partial charge in [0.1, 0.15) is 0 Å². The van der Waals surface area contributed by atoms with Gasteiger partial charge in [0.05, 0.1) is 32.3 Å². The Hall–Kier alpha value is -2.20. The van der Waals surface area contributed by atoms with E-state index >= 15 is 0 Å². The number of carbonyl (C=O) groups is 4. The van der Waals surface area contributed by atoms with Gasteiger partial charge in [-0.25, -0.2) is 0 Å². The zero-order chi connectivity index (χ0) is 15.9. The van der Waals surface area contributed by atoms with E-state index in [1.165, 1.54) is 6.92 Å². The van der Waals surface area contributed by atoms with Gasteiger partial charge in [0.15, 0.2) is 0 Å². The molecule has 0 heterocycles. The molecule has 0 saturated heterocycles. The average molecular weight is 292 g/mol. The van der Waals surface area contributed by atoms with E-state index in [1.54, 1.807) is 0 Å². The lowest BCUT2D eigenvalue weighted by Gasteiger charge is -2.34. The molecule has 10 nitrogen and oxygen atoms in total. The van der Waals surface area contributed by atoms with E-state index in [9.17, 15) is 19.2 Å². The standard InChI is InChI=1S/C10H16N2O8/c1-6(11(2-7(13)14)3-8(15)16)12(4-9(17)18)5-10(19)20/h6H,2-5H2,1H3,(H,13,14)(H,15,16)(H,17,18)(H,19,20). The van der Waals surface area contributed by atoms with E-state index in [1.807, 2.05) is 0 Å². The lowest BCUT2D eigenvalue weighted by atomic mass is 10.3. The van der Waals surface area contributed by atoms with Crippen molar-refractivity contribution in [3.05, 3.63) is 0 Å². The zero-order valence-electron chi connectivity index (χ0n) is 10.7. The van der Waals surface area contributed by atoms with Gasteiger partial charge in [-0.3, -0.25) is 29.0 Å². The fraction of sp³-hybridized carbons (Fsp3) is 0.600. The molecule has 0 aromatic rings. The summed E-state index contributed by atoms with van der Waals surface area (Å²) >= 11 is 0. The van der Waals surface area contributed by atoms with Crippen LogP contribution in [0.15, 0.2) is 0 Å². The van der Waals surface area contributed by atoms with Crippen LogP contribution in [0.25, 0.3) is 0 Å². The normalized spacial score (nSPS) is 11.0. The Kier molecular flexibility index (Phi) is 7.18. The summed E-state index contributed by atoms with van der Waals surface area (Å²) in [5, 5.41) is 34.8. The molecular weight excluding hydrogens is 276 g/mol. The van der Waals surface area contributed by atoms with E-state index in [0.29, 0.717) is 0 Å². The van der Waals surface area contributed by atoms with Crippen molar-refractivity contribution in [3.8, 4) is 0 Å². The van der Waals surface area contributed by atoms with Crippen LogP contribution in [0.3, 0.4) is 0 Å². The molecule has 0 fully saturated rings. The topological polar surface area (TPSA) is 156 Å². The molecule has 0 saturated carbocycles. The highest BCUT2D eigenvalue weighted by Crippen LogP contribution is 2.06. The van der Waals surface area contributed by atoms with E-state index in [4.69, 9.17) is 20.4 Å². The second-order valence-corrected chi connectivity index (χ2v) is 4.02. The largest absolute Gasteiger partial charge is 0.480 e. The van der Waals surface area contributed by atoms with Crippen LogP contribution in [0, 0.1) is 0 Å². The van der Waals surface area contributed by atoms with Crippen molar-refractivity contribution in [1.29, 1.82) is 0 Å². The molecule has 114 valence electrons. The van der Waals surface area contributed by atoms with E-state index in [-0.39, 0.29) is 0 Å². The van der Waals surface area contributed by atoms with Crippen molar-refractivity contribution in [1.82, 2.24) is 9.80 Å².